The summed E-state index contributed by atoms with van der Waals surface area (Å²) in [5.74, 6) is -0.786. The van der Waals surface area contributed by atoms with Crippen LogP contribution in [-0.2, 0) is 28.8 Å². The second-order valence-corrected chi connectivity index (χ2v) is 8.77. The van der Waals surface area contributed by atoms with Crippen LogP contribution in [0, 0.1) is 0 Å². The first-order valence-electron chi connectivity index (χ1n) is 11.9. The van der Waals surface area contributed by atoms with Crippen LogP contribution in [0.5, 0.6) is 0 Å². The Balaban J connectivity index is 1.59. The lowest BCUT2D eigenvalue weighted by molar-refractivity contribution is -0.149. The van der Waals surface area contributed by atoms with Crippen LogP contribution in [0.2, 0.25) is 0 Å². The van der Waals surface area contributed by atoms with Crippen molar-refractivity contribution in [2.24, 2.45) is 0 Å². The largest absolute Gasteiger partial charge is 0.479 e. The lowest BCUT2D eigenvalue weighted by Gasteiger charge is -2.20. The fourth-order valence-electron chi connectivity index (χ4n) is 4.02. The number of carboxylic acids is 1. The number of aliphatic carboxylic acids is 1. The summed E-state index contributed by atoms with van der Waals surface area (Å²) in [7, 11) is 0. The predicted molar refractivity (Wildman–Crippen MR) is 141 cm³/mol. The highest BCUT2D eigenvalue weighted by molar-refractivity contribution is 7.80. The van der Waals surface area contributed by atoms with Crippen LogP contribution in [-0.4, -0.2) is 35.3 Å². The van der Waals surface area contributed by atoms with Gasteiger partial charge in [0.1, 0.15) is 0 Å². The molecule has 0 fully saturated rings. The van der Waals surface area contributed by atoms with Gasteiger partial charge in [0, 0.05) is 25.5 Å². The summed E-state index contributed by atoms with van der Waals surface area (Å²) in [5, 5.41) is 12.8. The fourth-order valence-corrected chi connectivity index (χ4v) is 4.37. The highest BCUT2D eigenvalue weighted by atomic mass is 32.1. The minimum absolute atomic E-state index is 0.140. The van der Waals surface area contributed by atoms with Crippen LogP contribution < -0.4 is 5.32 Å². The molecule has 1 unspecified atom stereocenters. The molecule has 2 atom stereocenters. The monoisotopic (exact) mass is 475 g/mol. The van der Waals surface area contributed by atoms with Gasteiger partial charge >= 0.3 is 5.97 Å². The zero-order valence-corrected chi connectivity index (χ0v) is 20.5. The van der Waals surface area contributed by atoms with Gasteiger partial charge in [-0.15, -0.1) is 0 Å². The second-order valence-electron chi connectivity index (χ2n) is 8.33. The van der Waals surface area contributed by atoms with Crippen LogP contribution in [0.3, 0.4) is 0 Å². The third-order valence-corrected chi connectivity index (χ3v) is 6.31. The van der Waals surface area contributed by atoms with Crippen molar-refractivity contribution in [2.75, 3.05) is 13.2 Å². The van der Waals surface area contributed by atoms with Gasteiger partial charge in [0.2, 0.25) is 0 Å². The average molecular weight is 476 g/mol. The molecular weight excluding hydrogens is 442 g/mol. The van der Waals surface area contributed by atoms with Gasteiger partial charge in [-0.2, -0.15) is 0 Å². The van der Waals surface area contributed by atoms with E-state index in [-0.39, 0.29) is 5.92 Å². The number of nitrogens with one attached hydrogen (secondary N) is 1. The molecule has 3 aromatic rings. The molecule has 0 aromatic heterocycles. The maximum absolute atomic E-state index is 11.3. The molecule has 0 aliphatic carbocycles. The summed E-state index contributed by atoms with van der Waals surface area (Å²) in [5.41, 5.74) is 4.68. The van der Waals surface area contributed by atoms with Crippen molar-refractivity contribution >= 4 is 23.2 Å². The number of rotatable bonds is 13. The van der Waals surface area contributed by atoms with Crippen molar-refractivity contribution in [1.82, 2.24) is 5.32 Å². The highest BCUT2D eigenvalue weighted by Gasteiger charge is 2.19. The number of hydrogen-bond donors (Lipinski definition) is 2. The molecular formula is C29H33NO3S. The Morgan fingerprint density at radius 2 is 1.47 bits per heavy atom. The smallest absolute Gasteiger partial charge is 0.333 e. The molecule has 0 saturated heterocycles. The molecule has 178 valence electrons. The summed E-state index contributed by atoms with van der Waals surface area (Å²) in [6, 6.07) is 29.0. The Hall–Kier alpha value is -3.02. The van der Waals surface area contributed by atoms with Crippen LogP contribution in [0.4, 0.5) is 0 Å². The molecule has 0 bridgehead atoms. The Kier molecular flexibility index (Phi) is 10.3. The first-order valence-corrected chi connectivity index (χ1v) is 12.3. The standard InChI is InChI=1S/C29H33NO3S/c1-2-33-27(29(31)32)21-24-15-13-23(14-16-24)17-18-26(25-11-7-4-8-12-25)28(34)30-20-19-22-9-5-3-6-10-22/h3-16,26-27H,2,17-21H2,1H3,(H,30,34)(H,31,32)/t26?,27-/m1/s1. The van der Waals surface area contributed by atoms with E-state index >= 15 is 0 Å². The van der Waals surface area contributed by atoms with Crippen LogP contribution in [0.1, 0.15) is 41.5 Å². The van der Waals surface area contributed by atoms with Crippen molar-refractivity contribution < 1.29 is 14.6 Å². The number of ether oxygens (including phenoxy) is 1. The number of carboxylic acid groups (broad SMARTS) is 1. The fraction of sp³-hybridized carbons (Fsp3) is 0.310. The van der Waals surface area contributed by atoms with Crippen LogP contribution in [0.25, 0.3) is 0 Å². The highest BCUT2D eigenvalue weighted by Crippen LogP contribution is 2.23. The number of aryl methyl sites for hydroxylation is 1. The van der Waals surface area contributed by atoms with E-state index in [1.165, 1.54) is 16.7 Å². The normalized spacial score (nSPS) is 12.6. The van der Waals surface area contributed by atoms with Crippen molar-refractivity contribution in [3.8, 4) is 0 Å². The summed E-state index contributed by atoms with van der Waals surface area (Å²) < 4.78 is 5.33. The molecule has 5 heteroatoms. The molecule has 3 aromatic carbocycles. The average Bonchev–Trinajstić information content (AvgIpc) is 2.86. The lowest BCUT2D eigenvalue weighted by Crippen LogP contribution is -2.29. The SMILES string of the molecule is CCO[C@H](Cc1ccc(CCC(C(=S)NCCc2ccccc2)c2ccccc2)cc1)C(=O)O. The number of thiocarbonyl (C=S) groups is 1. The van der Waals surface area contributed by atoms with E-state index in [2.05, 4.69) is 66.0 Å². The van der Waals surface area contributed by atoms with E-state index in [1.807, 2.05) is 31.2 Å². The minimum atomic E-state index is -0.926. The van der Waals surface area contributed by atoms with E-state index in [0.717, 1.165) is 36.4 Å². The molecule has 0 heterocycles. The topological polar surface area (TPSA) is 58.6 Å². The minimum Gasteiger partial charge on any atom is -0.479 e. The molecule has 4 nitrogen and oxygen atoms in total. The van der Waals surface area contributed by atoms with Crippen molar-refractivity contribution in [1.29, 1.82) is 0 Å². The molecule has 2 N–H and O–H groups in total. The first-order chi connectivity index (χ1) is 16.6. The van der Waals surface area contributed by atoms with E-state index in [9.17, 15) is 9.90 Å². The third-order valence-electron chi connectivity index (χ3n) is 5.88. The quantitative estimate of drug-likeness (QED) is 0.315. The van der Waals surface area contributed by atoms with Crippen molar-refractivity contribution in [3.05, 3.63) is 107 Å². The van der Waals surface area contributed by atoms with Gasteiger partial charge in [-0.1, -0.05) is 97.1 Å². The van der Waals surface area contributed by atoms with Gasteiger partial charge in [-0.3, -0.25) is 0 Å². The number of hydrogen-bond acceptors (Lipinski definition) is 3. The lowest BCUT2D eigenvalue weighted by atomic mass is 9.91. The van der Waals surface area contributed by atoms with Gasteiger partial charge in [0.25, 0.3) is 0 Å². The molecule has 0 aliphatic rings. The zero-order valence-electron chi connectivity index (χ0n) is 19.7. The van der Waals surface area contributed by atoms with Gasteiger partial charge in [-0.05, 0) is 48.4 Å². The van der Waals surface area contributed by atoms with E-state index < -0.39 is 12.1 Å². The van der Waals surface area contributed by atoms with Gasteiger partial charge in [-0.25, -0.2) is 4.79 Å². The van der Waals surface area contributed by atoms with E-state index in [0.29, 0.717) is 13.0 Å². The predicted octanol–water partition coefficient (Wildman–Crippen LogP) is 5.59. The third kappa shape index (κ3) is 8.08. The maximum atomic E-state index is 11.3. The molecule has 0 radical (unpaired) electrons. The van der Waals surface area contributed by atoms with Gasteiger partial charge < -0.3 is 15.2 Å². The number of benzene rings is 3. The van der Waals surface area contributed by atoms with E-state index in [1.54, 1.807) is 0 Å². The maximum Gasteiger partial charge on any atom is 0.333 e. The Labute approximate surface area is 208 Å². The molecule has 0 spiro atoms. The second kappa shape index (κ2) is 13.6. The van der Waals surface area contributed by atoms with Crippen LogP contribution >= 0.6 is 12.2 Å². The Morgan fingerprint density at radius 1 is 0.882 bits per heavy atom. The van der Waals surface area contributed by atoms with Crippen LogP contribution in [0.15, 0.2) is 84.9 Å². The number of carbonyl (C=O) groups is 1. The summed E-state index contributed by atoms with van der Waals surface area (Å²) in [6.45, 7) is 3.00. The molecule has 34 heavy (non-hydrogen) atoms. The summed E-state index contributed by atoms with van der Waals surface area (Å²) in [4.78, 5) is 12.2. The summed E-state index contributed by atoms with van der Waals surface area (Å²) >= 11 is 5.83. The molecule has 3 rings (SSSR count). The zero-order chi connectivity index (χ0) is 24.2. The van der Waals surface area contributed by atoms with Gasteiger partial charge in [0.15, 0.2) is 6.10 Å². The Morgan fingerprint density at radius 3 is 2.09 bits per heavy atom. The summed E-state index contributed by atoms with van der Waals surface area (Å²) in [6.07, 6.45) is 2.28. The molecule has 0 saturated carbocycles. The van der Waals surface area contributed by atoms with Gasteiger partial charge in [0.05, 0.1) is 4.99 Å². The van der Waals surface area contributed by atoms with Crippen molar-refractivity contribution in [2.45, 2.75) is 44.6 Å². The molecule has 0 aliphatic heterocycles. The Bertz CT molecular complexity index is 1020. The first kappa shape index (κ1) is 25.6. The van der Waals surface area contributed by atoms with Crippen molar-refractivity contribution in [3.63, 3.8) is 0 Å². The van der Waals surface area contributed by atoms with E-state index in [4.69, 9.17) is 17.0 Å². The molecule has 0 amide bonds.